The number of benzene rings is 1. The van der Waals surface area contributed by atoms with E-state index >= 15 is 0 Å². The molecular formula is C26H34O4. The lowest BCUT2D eigenvalue weighted by atomic mass is 9.76. The van der Waals surface area contributed by atoms with Crippen molar-refractivity contribution in [3.8, 4) is 0 Å². The summed E-state index contributed by atoms with van der Waals surface area (Å²) in [6.07, 6.45) is 18.2. The highest BCUT2D eigenvalue weighted by Crippen LogP contribution is 2.46. The Balaban J connectivity index is 1.37. The molecule has 4 rings (SSSR count). The van der Waals surface area contributed by atoms with Gasteiger partial charge in [-0.2, -0.15) is 0 Å². The van der Waals surface area contributed by atoms with Crippen LogP contribution >= 0.6 is 0 Å². The molecule has 162 valence electrons. The topological polar surface area (TPSA) is 66.8 Å². The Morgan fingerprint density at radius 1 is 1.13 bits per heavy atom. The summed E-state index contributed by atoms with van der Waals surface area (Å²) in [5.41, 5.74) is 1.86. The number of aliphatic carboxylic acids is 1. The largest absolute Gasteiger partial charge is 0.481 e. The minimum absolute atomic E-state index is 0.0537. The minimum atomic E-state index is -0.805. The van der Waals surface area contributed by atoms with E-state index in [-0.39, 0.29) is 12.5 Å². The lowest BCUT2D eigenvalue weighted by Gasteiger charge is -2.27. The normalized spacial score (nSPS) is 30.4. The zero-order valence-corrected chi connectivity index (χ0v) is 17.7. The summed E-state index contributed by atoms with van der Waals surface area (Å²) < 4.78 is 6.21. The van der Waals surface area contributed by atoms with Crippen LogP contribution in [0.1, 0.15) is 62.5 Å². The van der Waals surface area contributed by atoms with Crippen LogP contribution in [0.2, 0.25) is 0 Å². The molecule has 3 fully saturated rings. The van der Waals surface area contributed by atoms with Crippen molar-refractivity contribution in [2.24, 2.45) is 17.8 Å². The number of carboxylic acid groups (broad SMARTS) is 1. The van der Waals surface area contributed by atoms with E-state index in [0.717, 1.165) is 43.2 Å². The molecule has 5 atom stereocenters. The van der Waals surface area contributed by atoms with Crippen LogP contribution in [0.5, 0.6) is 0 Å². The Bertz CT molecular complexity index is 777. The van der Waals surface area contributed by atoms with Gasteiger partial charge in [0.15, 0.2) is 0 Å². The van der Waals surface area contributed by atoms with Gasteiger partial charge in [0.25, 0.3) is 0 Å². The van der Waals surface area contributed by atoms with Crippen LogP contribution < -0.4 is 0 Å². The second-order valence-corrected chi connectivity index (χ2v) is 9.26. The molecule has 1 aromatic rings. The van der Waals surface area contributed by atoms with Gasteiger partial charge >= 0.3 is 5.97 Å². The molecule has 1 aliphatic carbocycles. The second kappa shape index (κ2) is 9.93. The lowest BCUT2D eigenvalue weighted by Crippen LogP contribution is -2.26. The number of hydrogen-bond acceptors (Lipinski definition) is 3. The summed E-state index contributed by atoms with van der Waals surface area (Å²) in [6, 6.07) is 7.72. The number of allylic oxidation sites excluding steroid dienone is 1. The van der Waals surface area contributed by atoms with Crippen LogP contribution in [0.3, 0.4) is 0 Å². The smallest absolute Gasteiger partial charge is 0.307 e. The zero-order chi connectivity index (χ0) is 20.9. The summed E-state index contributed by atoms with van der Waals surface area (Å²) in [5, 5.41) is 19.6. The minimum Gasteiger partial charge on any atom is -0.481 e. The summed E-state index contributed by atoms with van der Waals surface area (Å²) >= 11 is 0. The van der Waals surface area contributed by atoms with Crippen LogP contribution in [-0.4, -0.2) is 34.5 Å². The molecule has 30 heavy (non-hydrogen) atoms. The summed E-state index contributed by atoms with van der Waals surface area (Å²) in [7, 11) is 0. The fourth-order valence-corrected chi connectivity index (χ4v) is 5.60. The van der Waals surface area contributed by atoms with E-state index in [1.165, 1.54) is 19.3 Å². The van der Waals surface area contributed by atoms with E-state index in [1.54, 1.807) is 0 Å². The van der Waals surface area contributed by atoms with E-state index in [1.807, 2.05) is 24.3 Å². The average Bonchev–Trinajstić information content (AvgIpc) is 3.34. The standard InChI is InChI=1S/C26H34O4/c27-23(20-9-2-1-3-10-20)13-12-22-21(24-14-15-25(22)30-24)11-5-7-18-6-4-8-19(16-18)17-26(28)29/h4-8,12-13,16,20-25,27H,1-3,9-11,14-15,17H2,(H,28,29)/t21-,22+,23?,24?,25+/m1/s1. The Hall–Kier alpha value is -1.91. The van der Waals surface area contributed by atoms with Crippen LogP contribution in [0.15, 0.2) is 42.5 Å². The maximum absolute atomic E-state index is 10.9. The number of hydrogen-bond donors (Lipinski definition) is 2. The molecule has 2 bridgehead atoms. The maximum Gasteiger partial charge on any atom is 0.307 e. The van der Waals surface area contributed by atoms with Crippen LogP contribution in [0, 0.1) is 17.8 Å². The number of fused-ring (bicyclic) bond motifs is 2. The van der Waals surface area contributed by atoms with E-state index in [2.05, 4.69) is 24.3 Å². The quantitative estimate of drug-likeness (QED) is 0.591. The van der Waals surface area contributed by atoms with Crippen molar-refractivity contribution in [3.63, 3.8) is 0 Å². The van der Waals surface area contributed by atoms with E-state index in [0.29, 0.717) is 30.0 Å². The second-order valence-electron chi connectivity index (χ2n) is 9.26. The van der Waals surface area contributed by atoms with Gasteiger partial charge in [0, 0.05) is 5.92 Å². The third-order valence-electron chi connectivity index (χ3n) is 7.17. The number of aliphatic hydroxyl groups excluding tert-OH is 1. The monoisotopic (exact) mass is 410 g/mol. The summed E-state index contributed by atoms with van der Waals surface area (Å²) in [5.74, 6) is 0.452. The lowest BCUT2D eigenvalue weighted by molar-refractivity contribution is -0.136. The highest BCUT2D eigenvalue weighted by Gasteiger charge is 2.46. The van der Waals surface area contributed by atoms with Crippen molar-refractivity contribution in [3.05, 3.63) is 53.6 Å². The number of carbonyl (C=O) groups is 1. The molecule has 2 aliphatic heterocycles. The maximum atomic E-state index is 10.9. The Kier molecular flexibility index (Phi) is 7.06. The Labute approximate surface area is 179 Å². The van der Waals surface area contributed by atoms with Gasteiger partial charge in [-0.1, -0.05) is 67.8 Å². The molecule has 2 N–H and O–H groups in total. The third-order valence-corrected chi connectivity index (χ3v) is 7.17. The molecule has 2 saturated heterocycles. The fraction of sp³-hybridized carbons (Fsp3) is 0.577. The molecule has 0 spiro atoms. The van der Waals surface area contributed by atoms with Gasteiger partial charge < -0.3 is 14.9 Å². The number of aliphatic hydroxyl groups is 1. The Morgan fingerprint density at radius 2 is 1.93 bits per heavy atom. The van der Waals surface area contributed by atoms with Crippen molar-refractivity contribution in [1.82, 2.24) is 0 Å². The van der Waals surface area contributed by atoms with E-state index < -0.39 is 5.97 Å². The summed E-state index contributed by atoms with van der Waals surface area (Å²) in [6.45, 7) is 0. The first-order valence-corrected chi connectivity index (χ1v) is 11.6. The molecule has 4 heteroatoms. The SMILES string of the molecule is O=C(O)Cc1cccc(C=CC[C@H]2C3CC[C@H](O3)[C@H]2C=CC(O)C2CCCCC2)c1. The van der Waals surface area contributed by atoms with Gasteiger partial charge in [-0.25, -0.2) is 0 Å². The third kappa shape index (κ3) is 5.22. The zero-order valence-electron chi connectivity index (χ0n) is 17.7. The highest BCUT2D eigenvalue weighted by molar-refractivity contribution is 5.70. The molecule has 0 amide bonds. The number of rotatable bonds is 8. The average molecular weight is 411 g/mol. The number of carboxylic acids is 1. The predicted molar refractivity (Wildman–Crippen MR) is 118 cm³/mol. The first kappa shape index (κ1) is 21.3. The van der Waals surface area contributed by atoms with Crippen molar-refractivity contribution in [1.29, 1.82) is 0 Å². The molecular weight excluding hydrogens is 376 g/mol. The number of ether oxygens (including phenoxy) is 1. The van der Waals surface area contributed by atoms with Crippen molar-refractivity contribution < 1.29 is 19.7 Å². The van der Waals surface area contributed by atoms with E-state index in [4.69, 9.17) is 9.84 Å². The Morgan fingerprint density at radius 3 is 2.73 bits per heavy atom. The van der Waals surface area contributed by atoms with E-state index in [9.17, 15) is 9.90 Å². The highest BCUT2D eigenvalue weighted by atomic mass is 16.5. The first-order chi connectivity index (χ1) is 14.6. The van der Waals surface area contributed by atoms with Crippen molar-refractivity contribution >= 4 is 12.0 Å². The molecule has 1 saturated carbocycles. The van der Waals surface area contributed by atoms with Crippen LogP contribution in [0.4, 0.5) is 0 Å². The summed E-state index contributed by atoms with van der Waals surface area (Å²) in [4.78, 5) is 10.9. The van der Waals surface area contributed by atoms with Gasteiger partial charge in [-0.05, 0) is 55.1 Å². The van der Waals surface area contributed by atoms with Gasteiger partial charge in [0.2, 0.25) is 0 Å². The molecule has 2 unspecified atom stereocenters. The van der Waals surface area contributed by atoms with Gasteiger partial charge in [-0.3, -0.25) is 4.79 Å². The van der Waals surface area contributed by atoms with Crippen molar-refractivity contribution in [2.45, 2.75) is 76.1 Å². The van der Waals surface area contributed by atoms with Gasteiger partial charge in [-0.15, -0.1) is 0 Å². The molecule has 0 aromatic heterocycles. The van der Waals surface area contributed by atoms with Gasteiger partial charge in [0.1, 0.15) is 0 Å². The molecule has 2 heterocycles. The molecule has 3 aliphatic rings. The van der Waals surface area contributed by atoms with Crippen molar-refractivity contribution in [2.75, 3.05) is 0 Å². The fourth-order valence-electron chi connectivity index (χ4n) is 5.60. The first-order valence-electron chi connectivity index (χ1n) is 11.6. The van der Waals surface area contributed by atoms with Crippen LogP contribution in [0.25, 0.3) is 6.08 Å². The molecule has 4 nitrogen and oxygen atoms in total. The predicted octanol–water partition coefficient (Wildman–Crippen LogP) is 5.01. The van der Waals surface area contributed by atoms with Crippen LogP contribution in [-0.2, 0) is 16.0 Å². The molecule has 0 radical (unpaired) electrons. The van der Waals surface area contributed by atoms with Gasteiger partial charge in [0.05, 0.1) is 24.7 Å². The molecule has 1 aromatic carbocycles.